The molecule has 6 heteroatoms. The molecule has 1 atom stereocenters. The lowest BCUT2D eigenvalue weighted by Gasteiger charge is -2.24. The Labute approximate surface area is 134 Å². The second-order valence-electron chi connectivity index (χ2n) is 5.30. The van der Waals surface area contributed by atoms with Crippen LogP contribution in [0.1, 0.15) is 30.3 Å². The first-order chi connectivity index (χ1) is 10.6. The largest absolute Gasteiger partial charge is 0.322 e. The Morgan fingerprint density at radius 2 is 2.23 bits per heavy atom. The van der Waals surface area contributed by atoms with Crippen LogP contribution in [0.15, 0.2) is 36.5 Å². The third-order valence-electron chi connectivity index (χ3n) is 3.84. The SMILES string of the molecule is Cc1nc(Cl)ccc1NC(=O)N1CCC[C@@H]1c1ccccn1. The normalized spacial score (nSPS) is 17.5. The van der Waals surface area contributed by atoms with E-state index in [0.29, 0.717) is 16.5 Å². The van der Waals surface area contributed by atoms with Crippen LogP contribution >= 0.6 is 11.6 Å². The molecule has 0 unspecified atom stereocenters. The van der Waals surface area contributed by atoms with Gasteiger partial charge in [0.05, 0.1) is 23.1 Å². The summed E-state index contributed by atoms with van der Waals surface area (Å²) >= 11 is 5.84. The van der Waals surface area contributed by atoms with E-state index < -0.39 is 0 Å². The van der Waals surface area contributed by atoms with E-state index in [2.05, 4.69) is 15.3 Å². The predicted octanol–water partition coefficient (Wildman–Crippen LogP) is 3.81. The molecule has 114 valence electrons. The van der Waals surface area contributed by atoms with Crippen LogP contribution in [-0.2, 0) is 0 Å². The molecule has 1 aliphatic heterocycles. The number of aromatic nitrogens is 2. The van der Waals surface area contributed by atoms with E-state index in [4.69, 9.17) is 11.6 Å². The zero-order chi connectivity index (χ0) is 15.5. The molecule has 0 bridgehead atoms. The maximum absolute atomic E-state index is 12.6. The van der Waals surface area contributed by atoms with Crippen LogP contribution < -0.4 is 5.32 Å². The van der Waals surface area contributed by atoms with Gasteiger partial charge in [0.2, 0.25) is 0 Å². The van der Waals surface area contributed by atoms with Gasteiger partial charge < -0.3 is 10.2 Å². The van der Waals surface area contributed by atoms with E-state index in [-0.39, 0.29) is 12.1 Å². The molecule has 0 spiro atoms. The average Bonchev–Trinajstić information content (AvgIpc) is 3.00. The summed E-state index contributed by atoms with van der Waals surface area (Å²) in [7, 11) is 0. The maximum Gasteiger partial charge on any atom is 0.322 e. The van der Waals surface area contributed by atoms with Crippen molar-refractivity contribution >= 4 is 23.3 Å². The van der Waals surface area contributed by atoms with Gasteiger partial charge in [-0.25, -0.2) is 9.78 Å². The van der Waals surface area contributed by atoms with Crippen molar-refractivity contribution < 1.29 is 4.79 Å². The van der Waals surface area contributed by atoms with Crippen molar-refractivity contribution in [2.75, 3.05) is 11.9 Å². The summed E-state index contributed by atoms with van der Waals surface area (Å²) in [6, 6.07) is 9.14. The van der Waals surface area contributed by atoms with Gasteiger partial charge in [-0.05, 0) is 44.0 Å². The minimum atomic E-state index is -0.125. The molecule has 0 radical (unpaired) electrons. The van der Waals surface area contributed by atoms with Gasteiger partial charge in [-0.2, -0.15) is 0 Å². The standard InChI is InChI=1S/C16H17ClN4O/c1-11-12(7-8-15(17)19-11)20-16(22)21-10-4-6-14(21)13-5-2-3-9-18-13/h2-3,5,7-9,14H,4,6,10H2,1H3,(H,20,22)/t14-/m1/s1. The summed E-state index contributed by atoms with van der Waals surface area (Å²) < 4.78 is 0. The topological polar surface area (TPSA) is 58.1 Å². The molecule has 1 fully saturated rings. The summed E-state index contributed by atoms with van der Waals surface area (Å²) in [6.45, 7) is 2.55. The van der Waals surface area contributed by atoms with E-state index in [1.807, 2.05) is 30.0 Å². The number of urea groups is 1. The van der Waals surface area contributed by atoms with Gasteiger partial charge in [0, 0.05) is 12.7 Å². The highest BCUT2D eigenvalue weighted by atomic mass is 35.5. The first-order valence-corrected chi connectivity index (χ1v) is 7.64. The van der Waals surface area contributed by atoms with E-state index >= 15 is 0 Å². The highest BCUT2D eigenvalue weighted by molar-refractivity contribution is 6.29. The monoisotopic (exact) mass is 316 g/mol. The first-order valence-electron chi connectivity index (χ1n) is 7.27. The summed E-state index contributed by atoms with van der Waals surface area (Å²) in [5.41, 5.74) is 2.32. The predicted molar refractivity (Wildman–Crippen MR) is 85.9 cm³/mol. The summed E-state index contributed by atoms with van der Waals surface area (Å²) in [4.78, 5) is 22.9. The van der Waals surface area contributed by atoms with Gasteiger partial charge >= 0.3 is 6.03 Å². The van der Waals surface area contributed by atoms with Crippen LogP contribution in [-0.4, -0.2) is 27.4 Å². The van der Waals surface area contributed by atoms with Gasteiger partial charge in [0.1, 0.15) is 5.15 Å². The number of nitrogens with zero attached hydrogens (tertiary/aromatic N) is 3. The number of halogens is 1. The molecule has 0 aromatic carbocycles. The molecule has 0 aliphatic carbocycles. The Balaban J connectivity index is 1.76. The number of hydrogen-bond donors (Lipinski definition) is 1. The lowest BCUT2D eigenvalue weighted by atomic mass is 10.1. The minimum absolute atomic E-state index is 0.0294. The number of likely N-dealkylation sites (tertiary alicyclic amines) is 1. The number of carbonyl (C=O) groups is 1. The number of amides is 2. The van der Waals surface area contributed by atoms with Crippen LogP contribution in [0.5, 0.6) is 0 Å². The Bertz CT molecular complexity index is 677. The zero-order valence-electron chi connectivity index (χ0n) is 12.3. The molecule has 2 amide bonds. The highest BCUT2D eigenvalue weighted by Gasteiger charge is 2.31. The number of nitrogens with one attached hydrogen (secondary N) is 1. The summed E-state index contributed by atoms with van der Waals surface area (Å²) in [5, 5.41) is 3.34. The molecule has 3 rings (SSSR count). The molecular weight excluding hydrogens is 300 g/mol. The Kier molecular flexibility index (Phi) is 4.24. The van der Waals surface area contributed by atoms with E-state index in [1.165, 1.54) is 0 Å². The van der Waals surface area contributed by atoms with E-state index in [0.717, 1.165) is 25.1 Å². The lowest BCUT2D eigenvalue weighted by Crippen LogP contribution is -2.35. The number of aryl methyl sites for hydroxylation is 1. The molecule has 0 saturated carbocycles. The lowest BCUT2D eigenvalue weighted by molar-refractivity contribution is 0.206. The molecule has 22 heavy (non-hydrogen) atoms. The molecule has 5 nitrogen and oxygen atoms in total. The average molecular weight is 317 g/mol. The summed E-state index contributed by atoms with van der Waals surface area (Å²) in [6.07, 6.45) is 3.67. The quantitative estimate of drug-likeness (QED) is 0.857. The van der Waals surface area contributed by atoms with Crippen LogP contribution in [0, 0.1) is 6.92 Å². The third-order valence-corrected chi connectivity index (χ3v) is 4.05. The fraction of sp³-hybridized carbons (Fsp3) is 0.312. The third kappa shape index (κ3) is 3.04. The first kappa shape index (κ1) is 14.8. The molecule has 1 aliphatic rings. The van der Waals surface area contributed by atoms with E-state index in [1.54, 1.807) is 18.3 Å². The Hall–Kier alpha value is -2.14. The number of carbonyl (C=O) groups excluding carboxylic acids is 1. The minimum Gasteiger partial charge on any atom is -0.316 e. The van der Waals surface area contributed by atoms with Crippen molar-refractivity contribution in [2.24, 2.45) is 0 Å². The molecule has 3 heterocycles. The van der Waals surface area contributed by atoms with Crippen molar-refractivity contribution in [1.29, 1.82) is 0 Å². The van der Waals surface area contributed by atoms with E-state index in [9.17, 15) is 4.79 Å². The highest BCUT2D eigenvalue weighted by Crippen LogP contribution is 2.31. The number of pyridine rings is 2. The smallest absolute Gasteiger partial charge is 0.316 e. The number of hydrogen-bond acceptors (Lipinski definition) is 3. The van der Waals surface area contributed by atoms with Crippen LogP contribution in [0.3, 0.4) is 0 Å². The maximum atomic E-state index is 12.6. The summed E-state index contributed by atoms with van der Waals surface area (Å²) in [5.74, 6) is 0. The molecular formula is C16H17ClN4O. The van der Waals surface area contributed by atoms with Crippen molar-refractivity contribution in [3.63, 3.8) is 0 Å². The van der Waals surface area contributed by atoms with Gasteiger partial charge in [-0.1, -0.05) is 17.7 Å². The molecule has 1 N–H and O–H groups in total. The van der Waals surface area contributed by atoms with Crippen molar-refractivity contribution in [1.82, 2.24) is 14.9 Å². The molecule has 2 aromatic rings. The van der Waals surface area contributed by atoms with Gasteiger partial charge in [-0.3, -0.25) is 4.98 Å². The zero-order valence-corrected chi connectivity index (χ0v) is 13.0. The van der Waals surface area contributed by atoms with Crippen molar-refractivity contribution in [2.45, 2.75) is 25.8 Å². The van der Waals surface area contributed by atoms with Gasteiger partial charge in [0.25, 0.3) is 0 Å². The Morgan fingerprint density at radius 1 is 1.36 bits per heavy atom. The fourth-order valence-electron chi connectivity index (χ4n) is 2.74. The van der Waals surface area contributed by atoms with Crippen molar-refractivity contribution in [3.05, 3.63) is 53.1 Å². The second kappa shape index (κ2) is 6.32. The number of rotatable bonds is 2. The van der Waals surface area contributed by atoms with Crippen LogP contribution in [0.2, 0.25) is 5.15 Å². The number of anilines is 1. The van der Waals surface area contributed by atoms with Gasteiger partial charge in [-0.15, -0.1) is 0 Å². The fourth-order valence-corrected chi connectivity index (χ4v) is 2.93. The van der Waals surface area contributed by atoms with Crippen LogP contribution in [0.25, 0.3) is 0 Å². The second-order valence-corrected chi connectivity index (χ2v) is 5.69. The van der Waals surface area contributed by atoms with Crippen molar-refractivity contribution in [3.8, 4) is 0 Å². The molecule has 1 saturated heterocycles. The Morgan fingerprint density at radius 3 is 2.95 bits per heavy atom. The van der Waals surface area contributed by atoms with Crippen LogP contribution in [0.4, 0.5) is 10.5 Å². The van der Waals surface area contributed by atoms with Gasteiger partial charge in [0.15, 0.2) is 0 Å². The molecule has 2 aromatic heterocycles.